The molecule has 3 fully saturated rings. The van der Waals surface area contributed by atoms with Crippen LogP contribution in [0.2, 0.25) is 0 Å². The van der Waals surface area contributed by atoms with E-state index in [1.165, 1.54) is 38.5 Å². The van der Waals surface area contributed by atoms with Crippen LogP contribution in [0.15, 0.2) is 95.8 Å². The molecule has 12 rings (SSSR count). The van der Waals surface area contributed by atoms with E-state index in [2.05, 4.69) is 51.6 Å². The molecule has 6 aromatic rings. The fourth-order valence-corrected chi connectivity index (χ4v) is 23.6. The minimum Gasteiger partial charge on any atom is -0.496 e. The molecule has 141 heavy (non-hydrogen) atoms. The molecule has 1 unspecified atom stereocenters. The van der Waals surface area contributed by atoms with Crippen molar-refractivity contribution in [2.75, 3.05) is 108 Å². The minimum atomic E-state index is -2.78. The number of nitrogens with zero attached hydrogens (tertiary/aromatic N) is 4. The van der Waals surface area contributed by atoms with Crippen LogP contribution in [0.4, 0.5) is 22.1 Å². The number of benzene rings is 4. The van der Waals surface area contributed by atoms with Crippen LogP contribution in [0.3, 0.4) is 0 Å². The number of para-hydroxylation sites is 1. The molecule has 2 saturated heterocycles. The third-order valence-electron chi connectivity index (χ3n) is 28.8. The van der Waals surface area contributed by atoms with Gasteiger partial charge < -0.3 is 138 Å². The number of aliphatic carboxylic acids is 2. The number of H-pyrrole nitrogens is 2. The first kappa shape index (κ1) is 109. The summed E-state index contributed by atoms with van der Waals surface area (Å²) in [5.41, 5.74) is 6.94. The van der Waals surface area contributed by atoms with Crippen LogP contribution in [0, 0.1) is 29.1 Å². The SMILES string of the molecule is CC[C@]1(O)C[C@H]2CN(CCc3c([nH]c4ccccc34)[C@@](C(=O)OC)(c3cc4c(cc3OC)N(C)[C@H]3[C@@](O)(C(=O)NNC(=O)OCCSSC[C@H](CC(=O)[C@@H](NC(=O)[C@@H](CC(=O)[C@H](C)NC(=O)[C@@H](CC(=O)CC[C@H](NC(=O)c5ccc(NCc6ccc7nc(N)[nH]c(=O)c7c6)cc5)C(=O)O)[C@@H](O)[C@H](O)[C@H](O)CO)[C@@H](O)[C@H](O)[C@H](O)CO)[C@@H](O)[C@H](O)[C@H](O)CO)C(=O)O)[C@H](O)[C@]5(CC)C=CCN6CC[C@]43[C@@H]65)C2)C1. The van der Waals surface area contributed by atoms with E-state index in [0.29, 0.717) is 97.7 Å². The summed E-state index contributed by atoms with van der Waals surface area (Å²) in [6.07, 6.45) is -24.7. The van der Waals surface area contributed by atoms with Gasteiger partial charge in [-0.05, 0) is 130 Å². The zero-order valence-corrected chi connectivity index (χ0v) is 79.9. The number of hydrazine groups is 1. The van der Waals surface area contributed by atoms with Gasteiger partial charge in [0.05, 0.1) is 92.6 Å². The van der Waals surface area contributed by atoms with Crippen LogP contribution in [0.5, 0.6) is 5.75 Å². The number of nitrogen functional groups attached to an aromatic ring is 1. The number of amides is 5. The molecule has 47 heteroatoms. The molecule has 1 spiro atoms. The summed E-state index contributed by atoms with van der Waals surface area (Å²) in [4.78, 5) is 184. The molecule has 0 radical (unpaired) electrons. The second-order valence-electron chi connectivity index (χ2n) is 37.3. The molecule has 6 aliphatic rings. The fourth-order valence-electron chi connectivity index (χ4n) is 21.5. The van der Waals surface area contributed by atoms with Crippen molar-refractivity contribution >= 4 is 126 Å². The van der Waals surface area contributed by atoms with Crippen LogP contribution in [0.25, 0.3) is 21.8 Å². The van der Waals surface area contributed by atoms with E-state index in [1.807, 2.05) is 61.6 Å². The Hall–Kier alpha value is -10.9. The maximum atomic E-state index is 15.7. The monoisotopic (exact) mass is 2010 g/mol. The first-order valence-electron chi connectivity index (χ1n) is 46.3. The molecule has 2 bridgehead atoms. The average Bonchev–Trinajstić information content (AvgIpc) is 1.48. The van der Waals surface area contributed by atoms with Crippen molar-refractivity contribution in [3.8, 4) is 5.75 Å². The Morgan fingerprint density at radius 3 is 2.00 bits per heavy atom. The second-order valence-corrected chi connectivity index (χ2v) is 40.0. The third-order valence-corrected chi connectivity index (χ3v) is 31.2. The number of carboxylic acid groups (broad SMARTS) is 2. The lowest BCUT2D eigenvalue weighted by Crippen LogP contribution is -2.82. The van der Waals surface area contributed by atoms with E-state index in [9.17, 15) is 135 Å². The Morgan fingerprint density at radius 2 is 1.36 bits per heavy atom. The number of methoxy groups -OCH3 is 2. The highest BCUT2D eigenvalue weighted by molar-refractivity contribution is 8.76. The quantitative estimate of drug-likeness (QED) is 0.00580. The molecule has 770 valence electrons. The van der Waals surface area contributed by atoms with Crippen molar-refractivity contribution < 1.29 is 154 Å². The number of nitrogens with two attached hydrogens (primary N) is 1. The predicted molar refractivity (Wildman–Crippen MR) is 507 cm³/mol. The fraction of sp³-hybridized carbons (Fsp3) is 0.564. The number of hydrogen-bond acceptors (Lipinski definition) is 38. The van der Waals surface area contributed by atoms with Gasteiger partial charge >= 0.3 is 24.0 Å². The molecule has 1 saturated carbocycles. The molecule has 1 aliphatic carbocycles. The first-order valence-corrected chi connectivity index (χ1v) is 48.8. The van der Waals surface area contributed by atoms with Gasteiger partial charge in [0.1, 0.15) is 84.5 Å². The van der Waals surface area contributed by atoms with Crippen molar-refractivity contribution in [2.24, 2.45) is 29.1 Å². The van der Waals surface area contributed by atoms with Crippen molar-refractivity contribution in [1.82, 2.24) is 51.6 Å². The Labute approximate surface area is 815 Å². The largest absolute Gasteiger partial charge is 0.496 e. The van der Waals surface area contributed by atoms with Crippen molar-refractivity contribution in [1.29, 1.82) is 0 Å². The summed E-state index contributed by atoms with van der Waals surface area (Å²) in [6.45, 7) is 3.05. The van der Waals surface area contributed by atoms with Gasteiger partial charge in [0.15, 0.2) is 17.2 Å². The number of hydrogen-bond donors (Lipinski definition) is 26. The number of ketones is 3. The number of Topliss-reactive ketones (excluding diaryl/α,β-unsaturated/α-hetero) is 3. The maximum Gasteiger partial charge on any atom is 0.426 e. The zero-order chi connectivity index (χ0) is 103. The number of carbonyl (C=O) groups excluding carboxylic acids is 9. The number of carbonyl (C=O) groups is 11. The normalized spacial score (nSPS) is 25.5. The van der Waals surface area contributed by atoms with Gasteiger partial charge in [0.25, 0.3) is 17.4 Å². The highest BCUT2D eigenvalue weighted by Crippen LogP contribution is 2.68. The first-order chi connectivity index (χ1) is 66.9. The van der Waals surface area contributed by atoms with Crippen LogP contribution in [-0.2, 0) is 76.4 Å². The number of ether oxygens (including phenoxy) is 3. The van der Waals surface area contributed by atoms with Crippen molar-refractivity contribution in [2.45, 2.75) is 211 Å². The standard InChI is InChI=1S/C94H125N13O32S2/c1-7-90(135)36-47-37-93(87(133)138-6,76-53(22-26-106(39-47)44-90)52-12-9-10-13-59(52)98-76)58-34-57-62(35-68(58)137-5)105(4)84-92(57)24-27-107-25-11-23-91(8-2,83(92)107)85(131)94(84,136)86(132)103-104-89(134)139-28-29-140-141-43-49(81(127)128)31-64(113)69(75(122)74(121)67(116)42-110)101-80(126)56(71(118)73(120)66(115)41-109)33-63(112)45(3)97-79(125)55(70(117)72(119)65(114)40-108)32-51(111)19-21-61(82(129)130)99-77(123)48-15-17-50(18-16-48)96-38-46-14-20-60-54(30-46)78(124)102-88(95)100-60/h9-18,20,23,30,34-35,45,47,49,55-56,61,65-67,69-75,83-85,96,98,108-110,114-122,131,135-136H,7-8,19,21-22,24-29,31-33,36-44H2,1-6H3,(H,97,125)(H,99,123)(H,101,126)(H,103,132)(H,104,134)(H,127,128)(H,129,130)(H3,95,100,102,124)/t45-,47+,49-,55-,56-,61-,65+,66+,67+,69+,70+,71+,72+,73+,74+,75+,83-,84+,85+,90-,91+,92+,93-,94-/m0/s1. The number of nitrogens with one attached hydrogen (secondary N) is 8. The van der Waals surface area contributed by atoms with E-state index in [1.54, 1.807) is 36.2 Å². The van der Waals surface area contributed by atoms with Gasteiger partial charge in [0.2, 0.25) is 17.8 Å². The molecular formula is C94H125N13O32S2. The Morgan fingerprint density at radius 1 is 0.702 bits per heavy atom. The van der Waals surface area contributed by atoms with Crippen LogP contribution in [0.1, 0.15) is 123 Å². The minimum absolute atomic E-state index is 0.0358. The lowest BCUT2D eigenvalue weighted by molar-refractivity contribution is -0.204. The Balaban J connectivity index is 0.685. The lowest BCUT2D eigenvalue weighted by atomic mass is 9.47. The number of anilines is 3. The molecule has 5 aliphatic heterocycles. The Bertz CT molecular complexity index is 5680. The van der Waals surface area contributed by atoms with E-state index >= 15 is 9.59 Å². The molecule has 25 atom stereocenters. The number of aromatic amines is 2. The van der Waals surface area contributed by atoms with Crippen molar-refractivity contribution in [3.05, 3.63) is 135 Å². The highest BCUT2D eigenvalue weighted by Gasteiger charge is 2.79. The smallest absolute Gasteiger partial charge is 0.426 e. The molecule has 4 aromatic carbocycles. The summed E-state index contributed by atoms with van der Waals surface area (Å²) in [6, 6.07) is 13.9. The van der Waals surface area contributed by atoms with Gasteiger partial charge in [-0.2, -0.15) is 0 Å². The predicted octanol–water partition coefficient (Wildman–Crippen LogP) is -3.49. The molecule has 5 amide bonds. The number of aliphatic hydroxyl groups is 15. The number of rotatable bonds is 46. The van der Waals surface area contributed by atoms with Crippen LogP contribution >= 0.6 is 21.6 Å². The van der Waals surface area contributed by atoms with Gasteiger partial charge in [-0.25, -0.2) is 20.0 Å². The number of fused-ring (bicyclic) bond motifs is 7. The highest BCUT2D eigenvalue weighted by atomic mass is 33.1. The maximum absolute atomic E-state index is 15.7. The number of carboxylic acids is 2. The Kier molecular flexibility index (Phi) is 35.4. The lowest BCUT2D eigenvalue weighted by Gasteiger charge is -2.63. The number of aromatic nitrogens is 3. The van der Waals surface area contributed by atoms with E-state index in [-0.39, 0.29) is 53.7 Å². The zero-order valence-electron chi connectivity index (χ0n) is 78.3. The summed E-state index contributed by atoms with van der Waals surface area (Å²) in [5.74, 6) is -20.2. The van der Waals surface area contributed by atoms with Crippen LogP contribution < -0.4 is 53.0 Å². The van der Waals surface area contributed by atoms with Gasteiger partial charge in [-0.15, -0.1) is 0 Å². The third kappa shape index (κ3) is 22.3. The van der Waals surface area contributed by atoms with Gasteiger partial charge in [-0.1, -0.05) is 71.9 Å². The summed E-state index contributed by atoms with van der Waals surface area (Å²) in [7, 11) is 6.17. The summed E-state index contributed by atoms with van der Waals surface area (Å²) < 4.78 is 17.8. The number of piperidine rings is 1. The molecule has 2 aromatic heterocycles. The number of likely N-dealkylation sites (N-methyl/N-ethyl adjacent to an activating group) is 1. The van der Waals surface area contributed by atoms with Gasteiger partial charge in [0, 0.05) is 139 Å². The van der Waals surface area contributed by atoms with E-state index in [0.717, 1.165) is 45.0 Å². The average molecular weight is 2010 g/mol. The van der Waals surface area contributed by atoms with E-state index in [4.69, 9.17) is 19.9 Å². The number of aliphatic hydroxyl groups excluding tert-OH is 13. The molecule has 27 N–H and O–H groups in total. The molecule has 7 heterocycles. The molecule has 45 nitrogen and oxygen atoms in total. The summed E-state index contributed by atoms with van der Waals surface area (Å²) >= 11 is 0. The van der Waals surface area contributed by atoms with Crippen molar-refractivity contribution in [3.63, 3.8) is 0 Å². The van der Waals surface area contributed by atoms with Crippen LogP contribution in [-0.4, -0.2) is 371 Å². The van der Waals surface area contributed by atoms with Gasteiger partial charge in [-0.3, -0.25) is 68.2 Å². The number of esters is 1. The summed E-state index contributed by atoms with van der Waals surface area (Å²) in [5, 5.41) is 198. The topological polar surface area (TPSA) is 729 Å². The van der Waals surface area contributed by atoms with E-state index < -0.39 is 271 Å². The second kappa shape index (κ2) is 45.8. The molecular weight excluding hydrogens is 1890 g/mol.